The Morgan fingerprint density at radius 2 is 2.07 bits per heavy atom. The summed E-state index contributed by atoms with van der Waals surface area (Å²) >= 11 is 0. The number of rotatable bonds is 1. The second-order valence-corrected chi connectivity index (χ2v) is 4.82. The van der Waals surface area contributed by atoms with E-state index < -0.39 is 18.5 Å². The fourth-order valence-corrected chi connectivity index (χ4v) is 1.51. The average molecular weight is 215 g/mol. The second kappa shape index (κ2) is 4.51. The minimum Gasteiger partial charge on any atom is -0.425 e. The molecule has 0 saturated carbocycles. The van der Waals surface area contributed by atoms with E-state index in [2.05, 4.69) is 0 Å². The maximum Gasteiger partial charge on any atom is 0.484 e. The number of amides is 1. The highest BCUT2D eigenvalue weighted by Gasteiger charge is 2.35. The van der Waals surface area contributed by atoms with Gasteiger partial charge in [0.1, 0.15) is 6.00 Å². The van der Waals surface area contributed by atoms with E-state index >= 15 is 0 Å². The third kappa shape index (κ3) is 3.19. The molecule has 1 rings (SSSR count). The first-order valence-corrected chi connectivity index (χ1v) is 5.09. The molecule has 0 aromatic heterocycles. The van der Waals surface area contributed by atoms with Crippen LogP contribution in [0.2, 0.25) is 0 Å². The normalized spacial score (nSPS) is 22.7. The van der Waals surface area contributed by atoms with Crippen LogP contribution in [0.3, 0.4) is 0 Å². The zero-order valence-corrected chi connectivity index (χ0v) is 9.43. The minimum absolute atomic E-state index is 0.0106. The van der Waals surface area contributed by atoms with Crippen molar-refractivity contribution in [2.75, 3.05) is 19.7 Å². The van der Waals surface area contributed by atoms with E-state index in [1.165, 1.54) is 0 Å². The van der Waals surface area contributed by atoms with Gasteiger partial charge in [0.2, 0.25) is 5.91 Å². The summed E-state index contributed by atoms with van der Waals surface area (Å²) in [7, 11) is -1.53. The summed E-state index contributed by atoms with van der Waals surface area (Å²) in [6.07, 6.45) is 0. The highest BCUT2D eigenvalue weighted by molar-refractivity contribution is 6.43. The standard InChI is InChI=1S/C9H18BNO4/c1-9(2,3)8(12)11-4-5-15-7(6-11)10(13)14/h7,13-14H,4-6H2,1-3H3. The van der Waals surface area contributed by atoms with Crippen molar-refractivity contribution < 1.29 is 19.6 Å². The van der Waals surface area contributed by atoms with E-state index in [4.69, 9.17) is 14.8 Å². The Bertz CT molecular complexity index is 239. The highest BCUT2D eigenvalue weighted by Crippen LogP contribution is 2.19. The van der Waals surface area contributed by atoms with Gasteiger partial charge in [-0.3, -0.25) is 4.79 Å². The molecule has 1 amide bonds. The van der Waals surface area contributed by atoms with Gasteiger partial charge in [0.15, 0.2) is 0 Å². The molecule has 86 valence electrons. The van der Waals surface area contributed by atoms with Crippen molar-refractivity contribution in [3.63, 3.8) is 0 Å². The summed E-state index contributed by atoms with van der Waals surface area (Å²) < 4.78 is 5.14. The maximum atomic E-state index is 11.9. The van der Waals surface area contributed by atoms with Gasteiger partial charge in [0.05, 0.1) is 6.61 Å². The van der Waals surface area contributed by atoms with Crippen molar-refractivity contribution >= 4 is 13.0 Å². The van der Waals surface area contributed by atoms with Crippen LogP contribution in [0.5, 0.6) is 0 Å². The molecule has 0 aromatic carbocycles. The highest BCUT2D eigenvalue weighted by atomic mass is 16.5. The van der Waals surface area contributed by atoms with Crippen molar-refractivity contribution in [1.29, 1.82) is 0 Å². The summed E-state index contributed by atoms with van der Waals surface area (Å²) in [5.41, 5.74) is -0.442. The molecule has 0 aliphatic carbocycles. The topological polar surface area (TPSA) is 70.0 Å². The van der Waals surface area contributed by atoms with Crippen LogP contribution >= 0.6 is 0 Å². The largest absolute Gasteiger partial charge is 0.484 e. The van der Waals surface area contributed by atoms with Crippen LogP contribution < -0.4 is 0 Å². The lowest BCUT2D eigenvalue weighted by Gasteiger charge is -2.36. The predicted molar refractivity (Wildman–Crippen MR) is 56.0 cm³/mol. The lowest BCUT2D eigenvalue weighted by atomic mass is 9.80. The molecule has 1 fully saturated rings. The van der Waals surface area contributed by atoms with Crippen molar-refractivity contribution in [1.82, 2.24) is 4.90 Å². The smallest absolute Gasteiger partial charge is 0.425 e. The van der Waals surface area contributed by atoms with Gasteiger partial charge in [-0.25, -0.2) is 0 Å². The van der Waals surface area contributed by atoms with Crippen molar-refractivity contribution in [3.8, 4) is 0 Å². The Morgan fingerprint density at radius 1 is 1.47 bits per heavy atom. The summed E-state index contributed by atoms with van der Waals surface area (Å²) in [5.74, 6) is 0.0106. The summed E-state index contributed by atoms with van der Waals surface area (Å²) in [6, 6.07) is -0.690. The Hall–Kier alpha value is -0.585. The summed E-state index contributed by atoms with van der Waals surface area (Å²) in [6.45, 7) is 6.64. The number of carbonyl (C=O) groups is 1. The van der Waals surface area contributed by atoms with Gasteiger partial charge in [-0.2, -0.15) is 0 Å². The van der Waals surface area contributed by atoms with Gasteiger partial charge in [-0.05, 0) is 0 Å². The van der Waals surface area contributed by atoms with Gasteiger partial charge >= 0.3 is 7.12 Å². The zero-order chi connectivity index (χ0) is 11.6. The molecule has 0 bridgehead atoms. The monoisotopic (exact) mass is 215 g/mol. The fraction of sp³-hybridized carbons (Fsp3) is 0.889. The number of morpholine rings is 1. The number of nitrogens with zero attached hydrogens (tertiary/aromatic N) is 1. The lowest BCUT2D eigenvalue weighted by molar-refractivity contribution is -0.145. The molecule has 6 heteroatoms. The molecule has 1 aliphatic rings. The van der Waals surface area contributed by atoms with E-state index in [1.54, 1.807) is 4.90 Å². The summed E-state index contributed by atoms with van der Waals surface area (Å²) in [5, 5.41) is 17.9. The molecule has 0 radical (unpaired) electrons. The molecule has 2 N–H and O–H groups in total. The maximum absolute atomic E-state index is 11.9. The van der Waals surface area contributed by atoms with Crippen LogP contribution in [-0.4, -0.2) is 53.7 Å². The number of hydrogen-bond acceptors (Lipinski definition) is 4. The molecule has 5 nitrogen and oxygen atoms in total. The Balaban J connectivity index is 2.60. The second-order valence-electron chi connectivity index (χ2n) is 4.82. The number of carbonyl (C=O) groups excluding carboxylic acids is 1. The van der Waals surface area contributed by atoms with Gasteiger partial charge in [-0.15, -0.1) is 0 Å². The fourth-order valence-electron chi connectivity index (χ4n) is 1.51. The minimum atomic E-state index is -1.53. The quantitative estimate of drug-likeness (QED) is 0.566. The molecular weight excluding hydrogens is 197 g/mol. The van der Waals surface area contributed by atoms with Crippen LogP contribution in [0.25, 0.3) is 0 Å². The molecule has 0 spiro atoms. The van der Waals surface area contributed by atoms with Crippen LogP contribution in [0.15, 0.2) is 0 Å². The molecule has 1 heterocycles. The summed E-state index contributed by atoms with van der Waals surface area (Å²) in [4.78, 5) is 13.5. The van der Waals surface area contributed by atoms with E-state index in [9.17, 15) is 4.79 Å². The predicted octanol–water partition coefficient (Wildman–Crippen LogP) is -0.728. The molecule has 1 saturated heterocycles. The molecule has 1 unspecified atom stereocenters. The Kier molecular flexibility index (Phi) is 3.75. The van der Waals surface area contributed by atoms with Gasteiger partial charge in [0, 0.05) is 18.5 Å². The first kappa shape index (κ1) is 12.5. The Morgan fingerprint density at radius 3 is 2.53 bits per heavy atom. The lowest BCUT2D eigenvalue weighted by Crippen LogP contribution is -2.54. The van der Waals surface area contributed by atoms with Crippen LogP contribution in [0, 0.1) is 5.41 Å². The van der Waals surface area contributed by atoms with E-state index in [-0.39, 0.29) is 12.5 Å². The number of hydrogen-bond donors (Lipinski definition) is 2. The molecule has 1 aliphatic heterocycles. The van der Waals surface area contributed by atoms with E-state index in [0.29, 0.717) is 13.2 Å². The molecular formula is C9H18BNO4. The zero-order valence-electron chi connectivity index (χ0n) is 9.43. The first-order chi connectivity index (χ1) is 6.82. The van der Waals surface area contributed by atoms with Crippen LogP contribution in [0.1, 0.15) is 20.8 Å². The van der Waals surface area contributed by atoms with Gasteiger partial charge in [-0.1, -0.05) is 20.8 Å². The SMILES string of the molecule is CC(C)(C)C(=O)N1CCOC(B(O)O)C1. The van der Waals surface area contributed by atoms with E-state index in [1.807, 2.05) is 20.8 Å². The van der Waals surface area contributed by atoms with Gasteiger partial charge < -0.3 is 19.7 Å². The molecule has 0 aromatic rings. The average Bonchev–Trinajstić information content (AvgIpc) is 2.15. The third-order valence-electron chi connectivity index (χ3n) is 2.35. The van der Waals surface area contributed by atoms with Crippen molar-refractivity contribution in [2.24, 2.45) is 5.41 Å². The number of ether oxygens (including phenoxy) is 1. The van der Waals surface area contributed by atoms with Crippen LogP contribution in [0.4, 0.5) is 0 Å². The Labute approximate surface area is 90.2 Å². The van der Waals surface area contributed by atoms with Gasteiger partial charge in [0.25, 0.3) is 0 Å². The first-order valence-electron chi connectivity index (χ1n) is 5.09. The third-order valence-corrected chi connectivity index (χ3v) is 2.35. The van der Waals surface area contributed by atoms with Crippen LogP contribution in [-0.2, 0) is 9.53 Å². The van der Waals surface area contributed by atoms with E-state index in [0.717, 1.165) is 0 Å². The molecule has 15 heavy (non-hydrogen) atoms. The molecule has 1 atom stereocenters. The van der Waals surface area contributed by atoms with Crippen molar-refractivity contribution in [2.45, 2.75) is 26.8 Å². The van der Waals surface area contributed by atoms with Crippen molar-refractivity contribution in [3.05, 3.63) is 0 Å².